The highest BCUT2D eigenvalue weighted by Gasteiger charge is 2.41. The van der Waals surface area contributed by atoms with Gasteiger partial charge in [-0.2, -0.15) is 0 Å². The molecule has 27 heavy (non-hydrogen) atoms. The summed E-state index contributed by atoms with van der Waals surface area (Å²) in [4.78, 5) is 28.1. The van der Waals surface area contributed by atoms with Gasteiger partial charge in [-0.15, -0.1) is 11.8 Å². The standard InChI is InChI=1S/C21H20ClNO3S/c1-4-27-19-18(14-9-11-15(22)12-10-14)20(24)23(21(19)25)16-7-5-6-8-17(16)26-13(2)3/h5-13H,4H2,1-3H3. The first kappa shape index (κ1) is 19.5. The zero-order chi connectivity index (χ0) is 19.6. The number of nitrogens with zero attached hydrogens (tertiary/aromatic N) is 1. The molecule has 2 aromatic rings. The molecule has 1 aliphatic rings. The lowest BCUT2D eigenvalue weighted by molar-refractivity contribution is -0.119. The van der Waals surface area contributed by atoms with Crippen LogP contribution in [-0.2, 0) is 9.59 Å². The van der Waals surface area contributed by atoms with Gasteiger partial charge in [-0.25, -0.2) is 4.90 Å². The molecule has 0 saturated heterocycles. The van der Waals surface area contributed by atoms with E-state index < -0.39 is 0 Å². The Morgan fingerprint density at radius 2 is 1.70 bits per heavy atom. The first-order chi connectivity index (χ1) is 12.9. The van der Waals surface area contributed by atoms with Crippen molar-refractivity contribution in [3.8, 4) is 5.75 Å². The number of halogens is 1. The Morgan fingerprint density at radius 3 is 2.33 bits per heavy atom. The lowest BCUT2D eigenvalue weighted by Crippen LogP contribution is -2.32. The third-order valence-electron chi connectivity index (χ3n) is 3.93. The van der Waals surface area contributed by atoms with E-state index in [0.717, 1.165) is 0 Å². The van der Waals surface area contributed by atoms with E-state index in [0.29, 0.717) is 38.3 Å². The molecule has 1 aliphatic heterocycles. The summed E-state index contributed by atoms with van der Waals surface area (Å²) in [6.07, 6.45) is -0.0767. The summed E-state index contributed by atoms with van der Waals surface area (Å²) in [5, 5.41) is 0.577. The molecular formula is C21H20ClNO3S. The molecule has 0 N–H and O–H groups in total. The van der Waals surface area contributed by atoms with Crippen LogP contribution in [0.25, 0.3) is 5.57 Å². The van der Waals surface area contributed by atoms with E-state index in [2.05, 4.69) is 0 Å². The van der Waals surface area contributed by atoms with Gasteiger partial charge in [-0.1, -0.05) is 42.8 Å². The second kappa shape index (κ2) is 8.19. The fourth-order valence-electron chi connectivity index (χ4n) is 2.87. The number of rotatable bonds is 6. The van der Waals surface area contributed by atoms with Crippen molar-refractivity contribution in [1.82, 2.24) is 0 Å². The highest BCUT2D eigenvalue weighted by atomic mass is 35.5. The van der Waals surface area contributed by atoms with Gasteiger partial charge in [0, 0.05) is 5.02 Å². The van der Waals surface area contributed by atoms with E-state index >= 15 is 0 Å². The molecule has 4 nitrogen and oxygen atoms in total. The zero-order valence-electron chi connectivity index (χ0n) is 15.4. The van der Waals surface area contributed by atoms with Gasteiger partial charge in [0.1, 0.15) is 5.75 Å². The van der Waals surface area contributed by atoms with Gasteiger partial charge in [0.2, 0.25) is 0 Å². The minimum Gasteiger partial charge on any atom is -0.489 e. The number of carbonyl (C=O) groups excluding carboxylic acids is 2. The van der Waals surface area contributed by atoms with Gasteiger partial charge in [-0.3, -0.25) is 9.59 Å². The van der Waals surface area contributed by atoms with E-state index in [9.17, 15) is 9.59 Å². The Bertz CT molecular complexity index is 906. The molecule has 0 spiro atoms. The molecule has 140 valence electrons. The molecule has 0 saturated carbocycles. The second-order valence-corrected chi connectivity index (χ2v) is 7.93. The number of benzene rings is 2. The number of anilines is 1. The Labute approximate surface area is 168 Å². The quantitative estimate of drug-likeness (QED) is 0.627. The van der Waals surface area contributed by atoms with Crippen molar-refractivity contribution in [2.45, 2.75) is 26.9 Å². The third kappa shape index (κ3) is 3.89. The number of hydrogen-bond acceptors (Lipinski definition) is 4. The molecule has 0 aliphatic carbocycles. The first-order valence-electron chi connectivity index (χ1n) is 8.71. The fourth-order valence-corrected chi connectivity index (χ4v) is 3.85. The Kier molecular flexibility index (Phi) is 5.92. The predicted molar refractivity (Wildman–Crippen MR) is 111 cm³/mol. The maximum absolute atomic E-state index is 13.3. The monoisotopic (exact) mass is 401 g/mol. The minimum atomic E-state index is -0.349. The van der Waals surface area contributed by atoms with Crippen LogP contribution < -0.4 is 9.64 Å². The second-order valence-electron chi connectivity index (χ2n) is 6.22. The summed E-state index contributed by atoms with van der Waals surface area (Å²) in [6, 6.07) is 14.1. The molecule has 2 aromatic carbocycles. The van der Waals surface area contributed by atoms with E-state index in [1.165, 1.54) is 16.7 Å². The van der Waals surface area contributed by atoms with E-state index in [1.54, 1.807) is 42.5 Å². The number of carbonyl (C=O) groups is 2. The van der Waals surface area contributed by atoms with Gasteiger partial charge in [0.25, 0.3) is 11.8 Å². The predicted octanol–water partition coefficient (Wildman–Crippen LogP) is 5.16. The topological polar surface area (TPSA) is 46.6 Å². The molecule has 0 atom stereocenters. The normalized spacial score (nSPS) is 14.5. The summed E-state index contributed by atoms with van der Waals surface area (Å²) >= 11 is 7.34. The van der Waals surface area contributed by atoms with E-state index in [-0.39, 0.29) is 17.9 Å². The lowest BCUT2D eigenvalue weighted by Gasteiger charge is -2.20. The number of thioether (sulfide) groups is 1. The van der Waals surface area contributed by atoms with Gasteiger partial charge in [0.15, 0.2) is 0 Å². The highest BCUT2D eigenvalue weighted by Crippen LogP contribution is 2.41. The fraction of sp³-hybridized carbons (Fsp3) is 0.238. The maximum atomic E-state index is 13.3. The average molecular weight is 402 g/mol. The summed E-state index contributed by atoms with van der Waals surface area (Å²) in [5.74, 6) is 0.519. The van der Waals surface area contributed by atoms with Crippen LogP contribution in [-0.4, -0.2) is 23.7 Å². The summed E-state index contributed by atoms with van der Waals surface area (Å²) in [7, 11) is 0. The summed E-state index contributed by atoms with van der Waals surface area (Å²) in [5.41, 5.74) is 1.54. The van der Waals surface area contributed by atoms with Gasteiger partial charge in [-0.05, 0) is 49.4 Å². The number of para-hydroxylation sites is 2. The zero-order valence-corrected chi connectivity index (χ0v) is 16.9. The van der Waals surface area contributed by atoms with Crippen LogP contribution in [0.5, 0.6) is 5.75 Å². The molecule has 0 radical (unpaired) electrons. The van der Waals surface area contributed by atoms with E-state index in [4.69, 9.17) is 16.3 Å². The van der Waals surface area contributed by atoms with Crippen LogP contribution in [0.1, 0.15) is 26.3 Å². The Hall–Kier alpha value is -2.24. The molecular weight excluding hydrogens is 382 g/mol. The van der Waals surface area contributed by atoms with Crippen LogP contribution in [0.3, 0.4) is 0 Å². The number of hydrogen-bond donors (Lipinski definition) is 0. The van der Waals surface area contributed by atoms with Crippen molar-refractivity contribution < 1.29 is 14.3 Å². The van der Waals surface area contributed by atoms with Crippen molar-refractivity contribution >= 4 is 46.4 Å². The smallest absolute Gasteiger partial charge is 0.272 e. The molecule has 6 heteroatoms. The molecule has 0 aromatic heterocycles. The average Bonchev–Trinajstić information content (AvgIpc) is 2.87. The van der Waals surface area contributed by atoms with Crippen LogP contribution in [0, 0.1) is 0 Å². The van der Waals surface area contributed by atoms with Gasteiger partial charge in [0.05, 0.1) is 22.3 Å². The molecule has 0 unspecified atom stereocenters. The summed E-state index contributed by atoms with van der Waals surface area (Å²) < 4.78 is 5.82. The van der Waals surface area contributed by atoms with E-state index in [1.807, 2.05) is 26.8 Å². The Morgan fingerprint density at radius 1 is 1.04 bits per heavy atom. The van der Waals surface area contributed by atoms with Crippen molar-refractivity contribution in [1.29, 1.82) is 0 Å². The SMILES string of the molecule is CCSC1=C(c2ccc(Cl)cc2)C(=O)N(c2ccccc2OC(C)C)C1=O. The van der Waals surface area contributed by atoms with Crippen molar-refractivity contribution in [3.05, 3.63) is 64.0 Å². The molecule has 2 amide bonds. The van der Waals surface area contributed by atoms with Gasteiger partial charge >= 0.3 is 0 Å². The molecule has 0 bridgehead atoms. The van der Waals surface area contributed by atoms with Crippen molar-refractivity contribution in [2.24, 2.45) is 0 Å². The van der Waals surface area contributed by atoms with Crippen LogP contribution in [0.4, 0.5) is 5.69 Å². The van der Waals surface area contributed by atoms with Crippen LogP contribution in [0.15, 0.2) is 53.4 Å². The van der Waals surface area contributed by atoms with Crippen LogP contribution >= 0.6 is 23.4 Å². The first-order valence-corrected chi connectivity index (χ1v) is 10.1. The lowest BCUT2D eigenvalue weighted by atomic mass is 10.1. The minimum absolute atomic E-state index is 0.0767. The van der Waals surface area contributed by atoms with Crippen molar-refractivity contribution in [2.75, 3.05) is 10.7 Å². The van der Waals surface area contributed by atoms with Crippen molar-refractivity contribution in [3.63, 3.8) is 0 Å². The molecule has 1 heterocycles. The van der Waals surface area contributed by atoms with Gasteiger partial charge < -0.3 is 4.74 Å². The number of amides is 2. The highest BCUT2D eigenvalue weighted by molar-refractivity contribution is 8.04. The summed E-state index contributed by atoms with van der Waals surface area (Å²) in [6.45, 7) is 5.76. The van der Waals surface area contributed by atoms with Crippen LogP contribution in [0.2, 0.25) is 5.02 Å². The number of imide groups is 1. The largest absolute Gasteiger partial charge is 0.489 e. The molecule has 0 fully saturated rings. The maximum Gasteiger partial charge on any atom is 0.272 e. The number of ether oxygens (including phenoxy) is 1. The third-order valence-corrected chi connectivity index (χ3v) is 5.14. The Balaban J connectivity index is 2.08. The molecule has 3 rings (SSSR count).